The largest absolute Gasteiger partial charge is 0.342 e. The van der Waals surface area contributed by atoms with E-state index >= 15 is 0 Å². The molecule has 1 aromatic carbocycles. The first-order chi connectivity index (χ1) is 9.40. The molecule has 0 saturated carbocycles. The van der Waals surface area contributed by atoms with Crippen LogP contribution in [0, 0.1) is 5.82 Å². The van der Waals surface area contributed by atoms with Gasteiger partial charge in [-0.05, 0) is 47.0 Å². The smallest absolute Gasteiger partial charge is 0.242 e. The highest BCUT2D eigenvalue weighted by molar-refractivity contribution is 9.10. The zero-order valence-electron chi connectivity index (χ0n) is 10.6. The minimum atomic E-state index is -3.84. The Morgan fingerprint density at radius 3 is 2.60 bits per heavy atom. The van der Waals surface area contributed by atoms with Crippen LogP contribution in [-0.4, -0.2) is 38.9 Å². The number of hydrogen-bond donors (Lipinski definition) is 1. The maximum atomic E-state index is 12.9. The molecule has 8 heteroatoms. The first-order valence-electron chi connectivity index (χ1n) is 6.12. The third-order valence-corrected chi connectivity index (χ3v) is 5.43. The molecule has 20 heavy (non-hydrogen) atoms. The second-order valence-electron chi connectivity index (χ2n) is 4.49. The molecule has 0 spiro atoms. The summed E-state index contributed by atoms with van der Waals surface area (Å²) in [7, 11) is -3.84. The van der Waals surface area contributed by atoms with Crippen molar-refractivity contribution in [2.45, 2.75) is 17.7 Å². The van der Waals surface area contributed by atoms with Crippen LogP contribution in [0.15, 0.2) is 27.6 Å². The van der Waals surface area contributed by atoms with Crippen molar-refractivity contribution in [3.63, 3.8) is 0 Å². The van der Waals surface area contributed by atoms with Crippen molar-refractivity contribution in [1.29, 1.82) is 0 Å². The molecule has 0 aliphatic carbocycles. The number of likely N-dealkylation sites (tertiary alicyclic amines) is 1. The molecular weight excluding hydrogens is 351 g/mol. The molecule has 1 amide bonds. The zero-order chi connectivity index (χ0) is 14.8. The van der Waals surface area contributed by atoms with Crippen molar-refractivity contribution in [3.8, 4) is 0 Å². The molecule has 1 N–H and O–H groups in total. The van der Waals surface area contributed by atoms with Crippen LogP contribution >= 0.6 is 15.9 Å². The lowest BCUT2D eigenvalue weighted by Gasteiger charge is -2.15. The molecule has 1 aliphatic heterocycles. The summed E-state index contributed by atoms with van der Waals surface area (Å²) in [4.78, 5) is 13.3. The van der Waals surface area contributed by atoms with E-state index in [1.54, 1.807) is 4.90 Å². The number of nitrogens with one attached hydrogen (secondary N) is 1. The van der Waals surface area contributed by atoms with Gasteiger partial charge < -0.3 is 4.90 Å². The van der Waals surface area contributed by atoms with Crippen LogP contribution < -0.4 is 4.72 Å². The number of rotatable bonds is 4. The molecule has 1 fully saturated rings. The quantitative estimate of drug-likeness (QED) is 0.879. The predicted molar refractivity (Wildman–Crippen MR) is 75.1 cm³/mol. The number of halogens is 2. The van der Waals surface area contributed by atoms with Crippen LogP contribution in [0.4, 0.5) is 4.39 Å². The average molecular weight is 365 g/mol. The lowest BCUT2D eigenvalue weighted by molar-refractivity contribution is -0.128. The van der Waals surface area contributed by atoms with Crippen LogP contribution in [0.3, 0.4) is 0 Å². The highest BCUT2D eigenvalue weighted by Crippen LogP contribution is 2.22. The Morgan fingerprint density at radius 1 is 1.35 bits per heavy atom. The predicted octanol–water partition coefficient (Wildman–Crippen LogP) is 1.49. The van der Waals surface area contributed by atoms with Gasteiger partial charge in [0.2, 0.25) is 15.9 Å². The topological polar surface area (TPSA) is 66.5 Å². The minimum Gasteiger partial charge on any atom is -0.342 e. The number of carbonyl (C=O) groups is 1. The summed E-state index contributed by atoms with van der Waals surface area (Å²) in [5.74, 6) is -0.784. The zero-order valence-corrected chi connectivity index (χ0v) is 13.0. The Hall–Kier alpha value is -0.990. The van der Waals surface area contributed by atoms with Gasteiger partial charge in [0.05, 0.1) is 11.4 Å². The van der Waals surface area contributed by atoms with E-state index in [1.807, 2.05) is 0 Å². The standard InChI is InChI=1S/C12H14BrFN2O3S/c13-10-7-9(14)3-4-11(10)20(18,19)15-8-12(17)16-5-1-2-6-16/h3-4,7,15H,1-2,5-6,8H2. The molecule has 0 bridgehead atoms. The highest BCUT2D eigenvalue weighted by atomic mass is 79.9. The van der Waals surface area contributed by atoms with Crippen molar-refractivity contribution in [2.75, 3.05) is 19.6 Å². The molecule has 0 radical (unpaired) electrons. The molecule has 0 aromatic heterocycles. The van der Waals surface area contributed by atoms with E-state index in [0.717, 1.165) is 31.0 Å². The van der Waals surface area contributed by atoms with Crippen molar-refractivity contribution in [1.82, 2.24) is 9.62 Å². The van der Waals surface area contributed by atoms with Gasteiger partial charge in [0, 0.05) is 17.6 Å². The van der Waals surface area contributed by atoms with E-state index in [2.05, 4.69) is 20.7 Å². The van der Waals surface area contributed by atoms with Gasteiger partial charge in [0.1, 0.15) is 5.82 Å². The molecule has 2 rings (SSSR count). The summed E-state index contributed by atoms with van der Waals surface area (Å²) < 4.78 is 39.4. The van der Waals surface area contributed by atoms with Gasteiger partial charge in [0.15, 0.2) is 0 Å². The summed E-state index contributed by atoms with van der Waals surface area (Å²) in [5, 5.41) is 0. The molecule has 5 nitrogen and oxygen atoms in total. The highest BCUT2D eigenvalue weighted by Gasteiger charge is 2.22. The molecule has 1 saturated heterocycles. The van der Waals surface area contributed by atoms with E-state index in [9.17, 15) is 17.6 Å². The van der Waals surface area contributed by atoms with Crippen LogP contribution in [0.5, 0.6) is 0 Å². The maximum absolute atomic E-state index is 12.9. The summed E-state index contributed by atoms with van der Waals surface area (Å²) >= 11 is 3.00. The number of sulfonamides is 1. The van der Waals surface area contributed by atoms with Gasteiger partial charge in [-0.3, -0.25) is 4.79 Å². The van der Waals surface area contributed by atoms with Crippen LogP contribution in [-0.2, 0) is 14.8 Å². The molecule has 0 unspecified atom stereocenters. The number of hydrogen-bond acceptors (Lipinski definition) is 3. The first-order valence-corrected chi connectivity index (χ1v) is 8.40. The van der Waals surface area contributed by atoms with E-state index in [1.165, 1.54) is 0 Å². The lowest BCUT2D eigenvalue weighted by Crippen LogP contribution is -2.38. The Kier molecular flexibility index (Phi) is 4.77. The third kappa shape index (κ3) is 3.56. The minimum absolute atomic E-state index is 0.0897. The van der Waals surface area contributed by atoms with Gasteiger partial charge in [-0.1, -0.05) is 0 Å². The van der Waals surface area contributed by atoms with Crippen LogP contribution in [0.25, 0.3) is 0 Å². The van der Waals surface area contributed by atoms with Gasteiger partial charge in [-0.2, -0.15) is 0 Å². The third-order valence-electron chi connectivity index (χ3n) is 3.06. The average Bonchev–Trinajstić information content (AvgIpc) is 2.89. The van der Waals surface area contributed by atoms with Crippen LogP contribution in [0.2, 0.25) is 0 Å². The number of amides is 1. The first kappa shape index (κ1) is 15.4. The van der Waals surface area contributed by atoms with E-state index < -0.39 is 15.8 Å². The summed E-state index contributed by atoms with van der Waals surface area (Å²) in [6, 6.07) is 3.28. The van der Waals surface area contributed by atoms with Gasteiger partial charge in [-0.25, -0.2) is 17.5 Å². The van der Waals surface area contributed by atoms with E-state index in [4.69, 9.17) is 0 Å². The SMILES string of the molecule is O=C(CNS(=O)(=O)c1ccc(F)cc1Br)N1CCCC1. The molecular formula is C12H14BrFN2O3S. The fourth-order valence-electron chi connectivity index (χ4n) is 2.01. The van der Waals surface area contributed by atoms with Gasteiger partial charge in [-0.15, -0.1) is 0 Å². The molecule has 110 valence electrons. The van der Waals surface area contributed by atoms with Gasteiger partial charge in [0.25, 0.3) is 0 Å². The lowest BCUT2D eigenvalue weighted by atomic mass is 10.3. The Balaban J connectivity index is 2.05. The van der Waals surface area contributed by atoms with Crippen molar-refractivity contribution < 1.29 is 17.6 Å². The Labute approximate surface area is 125 Å². The maximum Gasteiger partial charge on any atom is 0.242 e. The number of nitrogens with zero attached hydrogens (tertiary/aromatic N) is 1. The summed E-state index contributed by atoms with van der Waals surface area (Å²) in [6.07, 6.45) is 1.89. The Bertz CT molecular complexity index is 615. The van der Waals surface area contributed by atoms with E-state index in [-0.39, 0.29) is 21.8 Å². The monoisotopic (exact) mass is 364 g/mol. The van der Waals surface area contributed by atoms with Crippen molar-refractivity contribution in [2.24, 2.45) is 0 Å². The fraction of sp³-hybridized carbons (Fsp3) is 0.417. The summed E-state index contributed by atoms with van der Waals surface area (Å²) in [5.41, 5.74) is 0. The number of benzene rings is 1. The Morgan fingerprint density at radius 2 is 2.00 bits per heavy atom. The second-order valence-corrected chi connectivity index (χ2v) is 7.08. The van der Waals surface area contributed by atoms with E-state index in [0.29, 0.717) is 13.1 Å². The summed E-state index contributed by atoms with van der Waals surface area (Å²) in [6.45, 7) is 1.05. The fourth-order valence-corrected chi connectivity index (χ4v) is 4.03. The molecule has 1 heterocycles. The number of carbonyl (C=O) groups excluding carboxylic acids is 1. The van der Waals surface area contributed by atoms with Crippen LogP contribution in [0.1, 0.15) is 12.8 Å². The molecule has 1 aromatic rings. The van der Waals surface area contributed by atoms with Gasteiger partial charge >= 0.3 is 0 Å². The normalized spacial score (nSPS) is 15.6. The molecule has 1 aliphatic rings. The second kappa shape index (κ2) is 6.19. The van der Waals surface area contributed by atoms with Crippen molar-refractivity contribution >= 4 is 31.9 Å². The van der Waals surface area contributed by atoms with Crippen molar-refractivity contribution in [3.05, 3.63) is 28.5 Å². The molecule has 0 atom stereocenters.